The van der Waals surface area contributed by atoms with Gasteiger partial charge < -0.3 is 4.57 Å². The standard InChI is InChI=1S/C17H14N4O/c22-17(20-19-13-15-5-1-2-10-18-15)14-6-8-16(9-7-14)21-11-3-4-12-21/h1-13H,(H,20,22). The highest BCUT2D eigenvalue weighted by molar-refractivity contribution is 5.94. The van der Waals surface area contributed by atoms with Crippen LogP contribution in [0.15, 0.2) is 78.3 Å². The van der Waals surface area contributed by atoms with Crippen LogP contribution in [0.1, 0.15) is 16.1 Å². The monoisotopic (exact) mass is 290 g/mol. The first-order chi connectivity index (χ1) is 10.8. The average molecular weight is 290 g/mol. The Balaban J connectivity index is 1.64. The molecule has 22 heavy (non-hydrogen) atoms. The largest absolute Gasteiger partial charge is 0.324 e. The Hall–Kier alpha value is -3.21. The maximum Gasteiger partial charge on any atom is 0.271 e. The van der Waals surface area contributed by atoms with E-state index in [1.54, 1.807) is 18.3 Å². The molecule has 0 radical (unpaired) electrons. The summed E-state index contributed by atoms with van der Waals surface area (Å²) in [4.78, 5) is 16.1. The Kier molecular flexibility index (Phi) is 4.06. The van der Waals surface area contributed by atoms with Gasteiger partial charge in [-0.15, -0.1) is 0 Å². The minimum Gasteiger partial charge on any atom is -0.324 e. The molecule has 0 atom stereocenters. The zero-order valence-corrected chi connectivity index (χ0v) is 11.8. The maximum atomic E-state index is 12.0. The molecule has 0 unspecified atom stereocenters. The second-order valence-corrected chi connectivity index (χ2v) is 4.59. The Morgan fingerprint density at radius 1 is 1.05 bits per heavy atom. The van der Waals surface area contributed by atoms with Crippen molar-refractivity contribution >= 4 is 12.1 Å². The summed E-state index contributed by atoms with van der Waals surface area (Å²) < 4.78 is 1.97. The Labute approximate surface area is 127 Å². The summed E-state index contributed by atoms with van der Waals surface area (Å²) in [6.07, 6.45) is 7.08. The first-order valence-corrected chi connectivity index (χ1v) is 6.81. The zero-order valence-electron chi connectivity index (χ0n) is 11.8. The first kappa shape index (κ1) is 13.8. The van der Waals surface area contributed by atoms with Crippen molar-refractivity contribution in [2.45, 2.75) is 0 Å². The van der Waals surface area contributed by atoms with Gasteiger partial charge in [-0.05, 0) is 48.5 Å². The Bertz CT molecular complexity index is 762. The van der Waals surface area contributed by atoms with Crippen molar-refractivity contribution in [3.8, 4) is 5.69 Å². The van der Waals surface area contributed by atoms with Crippen molar-refractivity contribution in [3.63, 3.8) is 0 Å². The number of amides is 1. The van der Waals surface area contributed by atoms with Crippen LogP contribution >= 0.6 is 0 Å². The van der Waals surface area contributed by atoms with E-state index >= 15 is 0 Å². The Morgan fingerprint density at radius 3 is 2.50 bits per heavy atom. The van der Waals surface area contributed by atoms with Gasteiger partial charge in [-0.2, -0.15) is 5.10 Å². The number of pyridine rings is 1. The predicted molar refractivity (Wildman–Crippen MR) is 85.1 cm³/mol. The summed E-state index contributed by atoms with van der Waals surface area (Å²) in [6, 6.07) is 16.7. The third-order valence-corrected chi connectivity index (χ3v) is 3.08. The molecular formula is C17H14N4O. The van der Waals surface area contributed by atoms with Gasteiger partial charge in [0.05, 0.1) is 11.9 Å². The van der Waals surface area contributed by atoms with E-state index in [-0.39, 0.29) is 5.91 Å². The summed E-state index contributed by atoms with van der Waals surface area (Å²) in [5.41, 5.74) is 4.72. The highest BCUT2D eigenvalue weighted by Crippen LogP contribution is 2.09. The molecule has 0 bridgehead atoms. The van der Waals surface area contributed by atoms with Gasteiger partial charge in [0.2, 0.25) is 0 Å². The van der Waals surface area contributed by atoms with Crippen LogP contribution in [0.5, 0.6) is 0 Å². The van der Waals surface area contributed by atoms with Gasteiger partial charge in [0.15, 0.2) is 0 Å². The third kappa shape index (κ3) is 3.27. The molecule has 108 valence electrons. The molecule has 5 nitrogen and oxygen atoms in total. The molecule has 5 heteroatoms. The fraction of sp³-hybridized carbons (Fsp3) is 0. The molecule has 3 aromatic rings. The minimum absolute atomic E-state index is 0.258. The van der Waals surface area contributed by atoms with E-state index in [1.807, 2.05) is 59.4 Å². The lowest BCUT2D eigenvalue weighted by molar-refractivity contribution is 0.0955. The SMILES string of the molecule is O=C(NN=Cc1ccccn1)c1ccc(-n2cccc2)cc1. The molecule has 2 heterocycles. The summed E-state index contributed by atoms with van der Waals surface area (Å²) in [5, 5.41) is 3.90. The van der Waals surface area contributed by atoms with E-state index in [9.17, 15) is 4.79 Å². The maximum absolute atomic E-state index is 12.0. The van der Waals surface area contributed by atoms with Crippen LogP contribution in [0.25, 0.3) is 5.69 Å². The van der Waals surface area contributed by atoms with Gasteiger partial charge in [0, 0.05) is 29.8 Å². The van der Waals surface area contributed by atoms with E-state index in [1.165, 1.54) is 6.21 Å². The van der Waals surface area contributed by atoms with Crippen molar-refractivity contribution in [2.75, 3.05) is 0 Å². The van der Waals surface area contributed by atoms with E-state index in [0.29, 0.717) is 11.3 Å². The summed E-state index contributed by atoms with van der Waals surface area (Å²) in [7, 11) is 0. The van der Waals surface area contributed by atoms with Crippen LogP contribution in [0.3, 0.4) is 0 Å². The van der Waals surface area contributed by atoms with Crippen LogP contribution < -0.4 is 5.43 Å². The molecular weight excluding hydrogens is 276 g/mol. The van der Waals surface area contributed by atoms with E-state index in [4.69, 9.17) is 0 Å². The number of nitrogens with zero attached hydrogens (tertiary/aromatic N) is 3. The quantitative estimate of drug-likeness (QED) is 0.593. The highest BCUT2D eigenvalue weighted by atomic mass is 16.2. The number of hydrogen-bond acceptors (Lipinski definition) is 3. The number of aromatic nitrogens is 2. The summed E-state index contributed by atoms with van der Waals surface area (Å²) in [5.74, 6) is -0.258. The fourth-order valence-electron chi connectivity index (χ4n) is 1.97. The van der Waals surface area contributed by atoms with Crippen LogP contribution in [0, 0.1) is 0 Å². The molecule has 1 amide bonds. The van der Waals surface area contributed by atoms with Crippen molar-refractivity contribution in [1.82, 2.24) is 15.0 Å². The number of carbonyl (C=O) groups is 1. The molecule has 0 saturated heterocycles. The van der Waals surface area contributed by atoms with E-state index in [2.05, 4.69) is 15.5 Å². The predicted octanol–water partition coefficient (Wildman–Crippen LogP) is 2.64. The average Bonchev–Trinajstić information content (AvgIpc) is 3.10. The van der Waals surface area contributed by atoms with Crippen LogP contribution in [-0.2, 0) is 0 Å². The summed E-state index contributed by atoms with van der Waals surface area (Å²) in [6.45, 7) is 0. The van der Waals surface area contributed by atoms with Gasteiger partial charge in [-0.1, -0.05) is 6.07 Å². The van der Waals surface area contributed by atoms with Crippen LogP contribution in [-0.4, -0.2) is 21.7 Å². The molecule has 2 aromatic heterocycles. The lowest BCUT2D eigenvalue weighted by Crippen LogP contribution is -2.17. The molecule has 0 aliphatic heterocycles. The van der Waals surface area contributed by atoms with Crippen molar-refractivity contribution in [2.24, 2.45) is 5.10 Å². The molecule has 0 aliphatic rings. The van der Waals surface area contributed by atoms with Crippen molar-refractivity contribution in [1.29, 1.82) is 0 Å². The van der Waals surface area contributed by atoms with Gasteiger partial charge in [-0.25, -0.2) is 5.43 Å². The third-order valence-electron chi connectivity index (χ3n) is 3.08. The number of hydrazone groups is 1. The molecule has 1 N–H and O–H groups in total. The Morgan fingerprint density at radius 2 is 1.82 bits per heavy atom. The van der Waals surface area contributed by atoms with Crippen LogP contribution in [0.4, 0.5) is 0 Å². The molecule has 0 saturated carbocycles. The minimum atomic E-state index is -0.258. The van der Waals surface area contributed by atoms with Crippen molar-refractivity contribution in [3.05, 3.63) is 84.4 Å². The highest BCUT2D eigenvalue weighted by Gasteiger charge is 2.04. The molecule has 0 fully saturated rings. The van der Waals surface area contributed by atoms with E-state index < -0.39 is 0 Å². The molecule has 3 rings (SSSR count). The lowest BCUT2D eigenvalue weighted by Gasteiger charge is -2.04. The van der Waals surface area contributed by atoms with Gasteiger partial charge >= 0.3 is 0 Å². The number of nitrogens with one attached hydrogen (secondary N) is 1. The second-order valence-electron chi connectivity index (χ2n) is 4.59. The van der Waals surface area contributed by atoms with Crippen molar-refractivity contribution < 1.29 is 4.79 Å². The number of carbonyl (C=O) groups excluding carboxylic acids is 1. The summed E-state index contributed by atoms with van der Waals surface area (Å²) >= 11 is 0. The first-order valence-electron chi connectivity index (χ1n) is 6.81. The van der Waals surface area contributed by atoms with Crippen LogP contribution in [0.2, 0.25) is 0 Å². The van der Waals surface area contributed by atoms with Gasteiger partial charge in [-0.3, -0.25) is 9.78 Å². The van der Waals surface area contributed by atoms with Gasteiger partial charge in [0.25, 0.3) is 5.91 Å². The zero-order chi connectivity index (χ0) is 15.2. The molecule has 0 spiro atoms. The topological polar surface area (TPSA) is 59.3 Å². The second kappa shape index (κ2) is 6.49. The number of hydrogen-bond donors (Lipinski definition) is 1. The normalized spacial score (nSPS) is 10.7. The lowest BCUT2D eigenvalue weighted by atomic mass is 10.2. The van der Waals surface area contributed by atoms with E-state index in [0.717, 1.165) is 5.69 Å². The number of benzene rings is 1. The fourth-order valence-corrected chi connectivity index (χ4v) is 1.97. The molecule has 1 aromatic carbocycles. The smallest absolute Gasteiger partial charge is 0.271 e. The molecule has 0 aliphatic carbocycles. The number of rotatable bonds is 4. The van der Waals surface area contributed by atoms with Gasteiger partial charge in [0.1, 0.15) is 0 Å².